The van der Waals surface area contributed by atoms with Crippen molar-refractivity contribution in [2.24, 2.45) is 5.92 Å². The van der Waals surface area contributed by atoms with E-state index in [1.807, 2.05) is 26.0 Å². The van der Waals surface area contributed by atoms with Crippen molar-refractivity contribution < 1.29 is 14.3 Å². The summed E-state index contributed by atoms with van der Waals surface area (Å²) >= 11 is 5.94. The molecule has 128 valence electrons. The number of ether oxygens (including phenoxy) is 2. The summed E-state index contributed by atoms with van der Waals surface area (Å²) in [5.74, 6) is 1.02. The molecule has 4 nitrogen and oxygen atoms in total. The Kier molecular flexibility index (Phi) is 6.10. The Morgan fingerprint density at radius 1 is 1.00 bits per heavy atom. The predicted octanol–water partition coefficient (Wildman–Crippen LogP) is 4.74. The summed E-state index contributed by atoms with van der Waals surface area (Å²) in [7, 11) is 3.15. The lowest BCUT2D eigenvalue weighted by molar-refractivity contribution is -0.118. The van der Waals surface area contributed by atoms with Crippen LogP contribution >= 0.6 is 11.6 Å². The van der Waals surface area contributed by atoms with Crippen LogP contribution in [0.15, 0.2) is 42.5 Å². The van der Waals surface area contributed by atoms with Gasteiger partial charge in [-0.05, 0) is 23.6 Å². The van der Waals surface area contributed by atoms with Gasteiger partial charge < -0.3 is 14.8 Å². The molecule has 0 aliphatic heterocycles. The second-order valence-electron chi connectivity index (χ2n) is 5.86. The molecule has 2 aromatic rings. The summed E-state index contributed by atoms with van der Waals surface area (Å²) in [4.78, 5) is 12.8. The van der Waals surface area contributed by atoms with Gasteiger partial charge in [0.2, 0.25) is 5.91 Å². The van der Waals surface area contributed by atoms with Crippen LogP contribution in [0, 0.1) is 5.92 Å². The van der Waals surface area contributed by atoms with Crippen molar-refractivity contribution in [3.8, 4) is 11.5 Å². The van der Waals surface area contributed by atoms with Gasteiger partial charge in [-0.2, -0.15) is 0 Å². The highest BCUT2D eigenvalue weighted by atomic mass is 35.5. The molecule has 0 aromatic heterocycles. The van der Waals surface area contributed by atoms with Crippen molar-refractivity contribution in [2.45, 2.75) is 19.8 Å². The Hall–Kier alpha value is -2.20. The molecule has 0 radical (unpaired) electrons. The molecule has 0 aliphatic rings. The Bertz CT molecular complexity index is 676. The third-order valence-corrected chi connectivity index (χ3v) is 4.05. The zero-order chi connectivity index (χ0) is 17.7. The summed E-state index contributed by atoms with van der Waals surface area (Å²) in [6.07, 6.45) is 0. The van der Waals surface area contributed by atoms with Gasteiger partial charge in [0.1, 0.15) is 11.5 Å². The van der Waals surface area contributed by atoms with Gasteiger partial charge in [-0.15, -0.1) is 0 Å². The van der Waals surface area contributed by atoms with E-state index in [1.54, 1.807) is 44.6 Å². The number of carbonyl (C=O) groups is 1. The highest BCUT2D eigenvalue weighted by Crippen LogP contribution is 2.30. The van der Waals surface area contributed by atoms with Crippen LogP contribution in [0.3, 0.4) is 0 Å². The van der Waals surface area contributed by atoms with Crippen molar-refractivity contribution in [3.63, 3.8) is 0 Å². The molecule has 1 amide bonds. The molecule has 0 unspecified atom stereocenters. The normalized spacial score (nSPS) is 11.9. The Morgan fingerprint density at radius 3 is 2.00 bits per heavy atom. The quantitative estimate of drug-likeness (QED) is 0.821. The number of benzene rings is 2. The minimum absolute atomic E-state index is 0.0809. The van der Waals surface area contributed by atoms with E-state index < -0.39 is 0 Å². The molecule has 0 saturated heterocycles. The van der Waals surface area contributed by atoms with Crippen LogP contribution in [-0.2, 0) is 4.79 Å². The molecule has 0 bridgehead atoms. The van der Waals surface area contributed by atoms with Crippen molar-refractivity contribution in [1.82, 2.24) is 0 Å². The molecule has 0 saturated carbocycles. The number of amides is 1. The molecular weight excluding hydrogens is 326 g/mol. The Labute approximate surface area is 147 Å². The molecular formula is C19H22ClNO3. The average Bonchev–Trinajstić information content (AvgIpc) is 2.56. The Balaban J connectivity index is 2.26. The van der Waals surface area contributed by atoms with Gasteiger partial charge in [-0.1, -0.05) is 37.6 Å². The van der Waals surface area contributed by atoms with Gasteiger partial charge >= 0.3 is 0 Å². The summed E-state index contributed by atoms with van der Waals surface area (Å²) in [6, 6.07) is 12.7. The lowest BCUT2D eigenvalue weighted by Gasteiger charge is -2.21. The molecule has 0 heterocycles. The van der Waals surface area contributed by atoms with E-state index in [0.29, 0.717) is 22.2 Å². The number of hydrogen-bond acceptors (Lipinski definition) is 3. The van der Waals surface area contributed by atoms with Gasteiger partial charge in [-0.25, -0.2) is 0 Å². The van der Waals surface area contributed by atoms with Crippen LogP contribution in [0.2, 0.25) is 5.02 Å². The minimum Gasteiger partial charge on any atom is -0.497 e. The third-order valence-electron chi connectivity index (χ3n) is 3.80. The highest BCUT2D eigenvalue weighted by molar-refractivity contribution is 6.30. The summed E-state index contributed by atoms with van der Waals surface area (Å²) in [6.45, 7) is 4.04. The van der Waals surface area contributed by atoms with E-state index in [0.717, 1.165) is 5.56 Å². The third kappa shape index (κ3) is 4.42. The van der Waals surface area contributed by atoms with Gasteiger partial charge in [0, 0.05) is 28.9 Å². The monoisotopic (exact) mass is 347 g/mol. The zero-order valence-electron chi connectivity index (χ0n) is 14.3. The van der Waals surface area contributed by atoms with Crippen LogP contribution in [0.1, 0.15) is 25.3 Å². The molecule has 24 heavy (non-hydrogen) atoms. The lowest BCUT2D eigenvalue weighted by Crippen LogP contribution is -2.25. The smallest absolute Gasteiger partial charge is 0.232 e. The van der Waals surface area contributed by atoms with Crippen molar-refractivity contribution in [3.05, 3.63) is 53.1 Å². The van der Waals surface area contributed by atoms with Crippen molar-refractivity contribution in [2.75, 3.05) is 19.5 Å². The lowest BCUT2D eigenvalue weighted by atomic mass is 9.87. The summed E-state index contributed by atoms with van der Waals surface area (Å²) in [5.41, 5.74) is 1.57. The van der Waals surface area contributed by atoms with E-state index >= 15 is 0 Å². The minimum atomic E-state index is -0.278. The molecule has 0 spiro atoms. The number of halogens is 1. The van der Waals surface area contributed by atoms with Gasteiger partial charge in [0.25, 0.3) is 0 Å². The fraction of sp³-hybridized carbons (Fsp3) is 0.316. The second-order valence-corrected chi connectivity index (χ2v) is 6.30. The molecule has 1 atom stereocenters. The van der Waals surface area contributed by atoms with E-state index in [9.17, 15) is 4.79 Å². The van der Waals surface area contributed by atoms with E-state index in [1.165, 1.54) is 0 Å². The first-order valence-electron chi connectivity index (χ1n) is 7.74. The first-order chi connectivity index (χ1) is 11.4. The van der Waals surface area contributed by atoms with Crippen molar-refractivity contribution >= 4 is 23.2 Å². The van der Waals surface area contributed by atoms with Crippen LogP contribution in [0.25, 0.3) is 0 Å². The van der Waals surface area contributed by atoms with E-state index in [-0.39, 0.29) is 17.7 Å². The van der Waals surface area contributed by atoms with E-state index in [2.05, 4.69) is 5.32 Å². The maximum absolute atomic E-state index is 12.8. The average molecular weight is 348 g/mol. The zero-order valence-corrected chi connectivity index (χ0v) is 15.1. The number of carbonyl (C=O) groups excluding carboxylic acids is 1. The number of methoxy groups -OCH3 is 2. The predicted molar refractivity (Wildman–Crippen MR) is 97.2 cm³/mol. The van der Waals surface area contributed by atoms with E-state index in [4.69, 9.17) is 21.1 Å². The maximum atomic E-state index is 12.8. The molecule has 2 aromatic carbocycles. The molecule has 1 N–H and O–H groups in total. The van der Waals surface area contributed by atoms with Gasteiger partial charge in [0.15, 0.2) is 0 Å². The van der Waals surface area contributed by atoms with Gasteiger partial charge in [-0.3, -0.25) is 4.79 Å². The van der Waals surface area contributed by atoms with Crippen molar-refractivity contribution in [1.29, 1.82) is 0 Å². The standard InChI is InChI=1S/C19H22ClNO3/c1-12(2)18(13-5-7-14(20)8-6-13)19(22)21-15-9-16(23-3)11-17(10-15)24-4/h5-12,18H,1-4H3,(H,21,22)/t18-/m0/s1. The van der Waals surface area contributed by atoms with Crippen LogP contribution in [-0.4, -0.2) is 20.1 Å². The maximum Gasteiger partial charge on any atom is 0.232 e. The molecule has 0 fully saturated rings. The highest BCUT2D eigenvalue weighted by Gasteiger charge is 2.24. The Morgan fingerprint density at radius 2 is 1.54 bits per heavy atom. The van der Waals surface area contributed by atoms with Crippen LogP contribution in [0.5, 0.6) is 11.5 Å². The summed E-state index contributed by atoms with van der Waals surface area (Å²) in [5, 5.41) is 3.61. The van der Waals surface area contributed by atoms with Gasteiger partial charge in [0.05, 0.1) is 20.1 Å². The number of nitrogens with one attached hydrogen (secondary N) is 1. The first kappa shape index (κ1) is 18.1. The summed E-state index contributed by atoms with van der Waals surface area (Å²) < 4.78 is 10.5. The fourth-order valence-electron chi connectivity index (χ4n) is 2.61. The fourth-order valence-corrected chi connectivity index (χ4v) is 2.73. The molecule has 2 rings (SSSR count). The number of anilines is 1. The molecule has 5 heteroatoms. The van der Waals surface area contributed by atoms with Crippen LogP contribution in [0.4, 0.5) is 5.69 Å². The number of rotatable bonds is 6. The largest absolute Gasteiger partial charge is 0.497 e. The first-order valence-corrected chi connectivity index (χ1v) is 8.11. The second kappa shape index (κ2) is 8.06. The topological polar surface area (TPSA) is 47.6 Å². The van der Waals surface area contributed by atoms with Crippen LogP contribution < -0.4 is 14.8 Å². The molecule has 0 aliphatic carbocycles. The number of hydrogen-bond donors (Lipinski definition) is 1. The SMILES string of the molecule is COc1cc(NC(=O)[C@H](c2ccc(Cl)cc2)C(C)C)cc(OC)c1.